The molecule has 0 aliphatic rings. The molecule has 0 aromatic heterocycles. The topological polar surface area (TPSA) is 134 Å². The van der Waals surface area contributed by atoms with E-state index < -0.39 is 11.4 Å². The molecular formula is C35H38N4O5. The maximum absolute atomic E-state index is 13.2. The smallest absolute Gasteiger partial charge is 0.343 e. The third kappa shape index (κ3) is 7.67. The van der Waals surface area contributed by atoms with Crippen molar-refractivity contribution in [1.82, 2.24) is 0 Å². The quantitative estimate of drug-likeness (QED) is 0.0940. The summed E-state index contributed by atoms with van der Waals surface area (Å²) in [5.74, 6) is 0.0625. The van der Waals surface area contributed by atoms with E-state index in [0.29, 0.717) is 34.0 Å². The van der Waals surface area contributed by atoms with E-state index in [0.717, 1.165) is 6.42 Å². The fourth-order valence-electron chi connectivity index (χ4n) is 4.72. The van der Waals surface area contributed by atoms with Crippen LogP contribution >= 0.6 is 0 Å². The molecule has 3 rings (SSSR count). The molecule has 0 heterocycles. The second-order valence-electron chi connectivity index (χ2n) is 12.2. The predicted octanol–water partition coefficient (Wildman–Crippen LogP) is 8.48. The first kappa shape index (κ1) is 33.5. The van der Waals surface area contributed by atoms with Gasteiger partial charge in [-0.2, -0.15) is 15.6 Å². The van der Waals surface area contributed by atoms with Crippen molar-refractivity contribution in [2.75, 3.05) is 13.2 Å². The Hall–Kier alpha value is -5.02. The zero-order valence-electron chi connectivity index (χ0n) is 26.3. The maximum Gasteiger partial charge on any atom is 0.343 e. The monoisotopic (exact) mass is 594 g/mol. The van der Waals surface area contributed by atoms with E-state index in [1.807, 2.05) is 19.1 Å². The molecule has 3 aromatic rings. The van der Waals surface area contributed by atoms with Crippen LogP contribution in [0.4, 0.5) is 11.4 Å². The molecule has 0 aliphatic heterocycles. The zero-order chi connectivity index (χ0) is 32.5. The van der Waals surface area contributed by atoms with Gasteiger partial charge in [0.1, 0.15) is 36.5 Å². The average Bonchev–Trinajstić information content (AvgIpc) is 3.01. The van der Waals surface area contributed by atoms with Gasteiger partial charge >= 0.3 is 11.9 Å². The summed E-state index contributed by atoms with van der Waals surface area (Å²) in [6.45, 7) is 14.7. The summed E-state index contributed by atoms with van der Waals surface area (Å²) in [7, 11) is 0. The Morgan fingerprint density at radius 1 is 0.795 bits per heavy atom. The Labute approximate surface area is 259 Å². The van der Waals surface area contributed by atoms with Gasteiger partial charge in [-0.15, -0.1) is 5.11 Å². The third-order valence-electron chi connectivity index (χ3n) is 8.39. The molecular weight excluding hydrogens is 556 g/mol. The summed E-state index contributed by atoms with van der Waals surface area (Å²) in [5, 5.41) is 26.5. The van der Waals surface area contributed by atoms with Crippen LogP contribution in [-0.2, 0) is 9.53 Å². The van der Waals surface area contributed by atoms with Crippen LogP contribution in [0.1, 0.15) is 76.4 Å². The van der Waals surface area contributed by atoms with Gasteiger partial charge in [0.2, 0.25) is 0 Å². The van der Waals surface area contributed by atoms with Crippen LogP contribution in [0.25, 0.3) is 0 Å². The fraction of sp³-hybridized carbons (Fsp3) is 0.371. The number of hydrogen-bond acceptors (Lipinski definition) is 9. The standard InChI is InChI=1S/C35H38N4O5/c1-8-34(5,6)35(7,33(2,3)4)32(41)43-20-19-42-28-14-10-25(11-15-28)31(40)44-29-16-12-27(13-17-29)38-39-30-18-9-24(22-36)21-26(30)23-37/h9-18,21H,8,19-20H2,1-7H3. The number of hydrogen-bond donors (Lipinski definition) is 0. The van der Waals surface area contributed by atoms with E-state index in [4.69, 9.17) is 19.5 Å². The second-order valence-corrected chi connectivity index (χ2v) is 12.2. The lowest BCUT2D eigenvalue weighted by Gasteiger charge is -2.50. The van der Waals surface area contributed by atoms with Crippen LogP contribution < -0.4 is 9.47 Å². The molecule has 228 valence electrons. The zero-order valence-corrected chi connectivity index (χ0v) is 26.3. The lowest BCUT2D eigenvalue weighted by molar-refractivity contribution is -0.175. The highest BCUT2D eigenvalue weighted by atomic mass is 16.6. The summed E-state index contributed by atoms with van der Waals surface area (Å²) in [5.41, 5.74) is 0.540. The Morgan fingerprint density at radius 3 is 2.00 bits per heavy atom. The summed E-state index contributed by atoms with van der Waals surface area (Å²) in [6, 6.07) is 21.5. The Kier molecular flexibility index (Phi) is 10.6. The van der Waals surface area contributed by atoms with Crippen molar-refractivity contribution in [3.8, 4) is 23.6 Å². The molecule has 3 aromatic carbocycles. The number of esters is 2. The van der Waals surface area contributed by atoms with Gasteiger partial charge in [0.25, 0.3) is 0 Å². The van der Waals surface area contributed by atoms with Crippen molar-refractivity contribution < 1.29 is 23.8 Å². The lowest BCUT2D eigenvalue weighted by atomic mass is 9.53. The summed E-state index contributed by atoms with van der Waals surface area (Å²) in [6.07, 6.45) is 0.838. The summed E-state index contributed by atoms with van der Waals surface area (Å²) < 4.78 is 16.9. The normalized spacial score (nSPS) is 12.9. The van der Waals surface area contributed by atoms with E-state index in [1.165, 1.54) is 6.07 Å². The molecule has 0 bridgehead atoms. The van der Waals surface area contributed by atoms with Gasteiger partial charge < -0.3 is 14.2 Å². The maximum atomic E-state index is 13.2. The van der Waals surface area contributed by atoms with Crippen LogP contribution in [0.5, 0.6) is 11.5 Å². The van der Waals surface area contributed by atoms with E-state index in [-0.39, 0.29) is 35.6 Å². The van der Waals surface area contributed by atoms with Crippen molar-refractivity contribution in [2.45, 2.75) is 54.9 Å². The summed E-state index contributed by atoms with van der Waals surface area (Å²) in [4.78, 5) is 25.8. The number of rotatable bonds is 11. The molecule has 0 aliphatic carbocycles. The van der Waals surface area contributed by atoms with Crippen molar-refractivity contribution in [2.24, 2.45) is 26.5 Å². The van der Waals surface area contributed by atoms with E-state index in [9.17, 15) is 14.9 Å². The van der Waals surface area contributed by atoms with Crippen LogP contribution in [-0.4, -0.2) is 25.2 Å². The molecule has 1 atom stereocenters. The largest absolute Gasteiger partial charge is 0.490 e. The van der Waals surface area contributed by atoms with Gasteiger partial charge in [-0.1, -0.05) is 41.5 Å². The Morgan fingerprint density at radius 2 is 1.43 bits per heavy atom. The average molecular weight is 595 g/mol. The lowest BCUT2D eigenvalue weighted by Crippen LogP contribution is -2.52. The number of carbonyl (C=O) groups is 2. The van der Waals surface area contributed by atoms with Crippen LogP contribution in [0, 0.1) is 38.9 Å². The SMILES string of the molecule is CCC(C)(C)C(C)(C(=O)OCCOc1ccc(C(=O)Oc2ccc(N=Nc3ccc(C#N)cc3C#N)cc2)cc1)C(C)(C)C. The van der Waals surface area contributed by atoms with Crippen LogP contribution in [0.3, 0.4) is 0 Å². The fourth-order valence-corrected chi connectivity index (χ4v) is 4.72. The van der Waals surface area contributed by atoms with Gasteiger partial charge in [0.15, 0.2) is 0 Å². The number of nitriles is 2. The third-order valence-corrected chi connectivity index (χ3v) is 8.39. The van der Waals surface area contributed by atoms with Crippen molar-refractivity contribution in [3.63, 3.8) is 0 Å². The number of carbonyl (C=O) groups excluding carboxylic acids is 2. The first-order chi connectivity index (χ1) is 20.7. The van der Waals surface area contributed by atoms with Gasteiger partial charge in [-0.05, 0) is 90.9 Å². The van der Waals surface area contributed by atoms with E-state index in [1.54, 1.807) is 60.7 Å². The van der Waals surface area contributed by atoms with Gasteiger partial charge in [-0.25, -0.2) is 4.79 Å². The molecule has 9 nitrogen and oxygen atoms in total. The molecule has 0 saturated carbocycles. The first-order valence-electron chi connectivity index (χ1n) is 14.3. The minimum Gasteiger partial charge on any atom is -0.490 e. The van der Waals surface area contributed by atoms with Crippen LogP contribution in [0.2, 0.25) is 0 Å². The van der Waals surface area contributed by atoms with Crippen molar-refractivity contribution >= 4 is 23.3 Å². The van der Waals surface area contributed by atoms with Crippen LogP contribution in [0.15, 0.2) is 77.0 Å². The molecule has 44 heavy (non-hydrogen) atoms. The predicted molar refractivity (Wildman–Crippen MR) is 166 cm³/mol. The highest BCUT2D eigenvalue weighted by Gasteiger charge is 2.54. The van der Waals surface area contributed by atoms with Crippen molar-refractivity contribution in [1.29, 1.82) is 10.5 Å². The summed E-state index contributed by atoms with van der Waals surface area (Å²) >= 11 is 0. The van der Waals surface area contributed by atoms with E-state index in [2.05, 4.69) is 51.8 Å². The molecule has 0 N–H and O–H groups in total. The minimum absolute atomic E-state index is 0.108. The molecule has 9 heteroatoms. The Bertz CT molecular complexity index is 1590. The number of azo groups is 1. The molecule has 1 unspecified atom stereocenters. The molecule has 0 spiro atoms. The van der Waals surface area contributed by atoms with Gasteiger partial charge in [0, 0.05) is 0 Å². The van der Waals surface area contributed by atoms with Gasteiger partial charge in [-0.3, -0.25) is 4.79 Å². The first-order valence-corrected chi connectivity index (χ1v) is 14.3. The second kappa shape index (κ2) is 14.0. The molecule has 0 saturated heterocycles. The highest BCUT2D eigenvalue weighted by Crippen LogP contribution is 2.53. The number of benzene rings is 3. The molecule has 0 radical (unpaired) electrons. The number of ether oxygens (including phenoxy) is 3. The van der Waals surface area contributed by atoms with E-state index >= 15 is 0 Å². The highest BCUT2D eigenvalue weighted by molar-refractivity contribution is 5.91. The Balaban J connectivity index is 1.52. The number of nitrogens with zero attached hydrogens (tertiary/aromatic N) is 4. The minimum atomic E-state index is -0.685. The van der Waals surface area contributed by atoms with Gasteiger partial charge in [0.05, 0.1) is 33.9 Å². The molecule has 0 amide bonds. The van der Waals surface area contributed by atoms with Crippen molar-refractivity contribution in [3.05, 3.63) is 83.4 Å². The molecule has 0 fully saturated rings.